The second-order valence-electron chi connectivity index (χ2n) is 3.90. The molecule has 0 amide bonds. The van der Waals surface area contributed by atoms with E-state index in [0.29, 0.717) is 11.6 Å². The molecule has 4 heteroatoms. The number of hydrogen-bond donors (Lipinski definition) is 1. The van der Waals surface area contributed by atoms with Crippen LogP contribution in [0.25, 0.3) is 0 Å². The third kappa shape index (κ3) is 1.85. The van der Waals surface area contributed by atoms with E-state index in [2.05, 4.69) is 9.97 Å². The zero-order chi connectivity index (χ0) is 10.7. The van der Waals surface area contributed by atoms with Crippen LogP contribution in [0.2, 0.25) is 0 Å². The highest BCUT2D eigenvalue weighted by atomic mass is 14.9. The van der Waals surface area contributed by atoms with Crippen molar-refractivity contribution in [2.75, 3.05) is 0 Å². The number of nitrogens with one attached hydrogen (secondary N) is 1. The number of imidazole rings is 1. The first-order chi connectivity index (χ1) is 7.35. The molecular weight excluding hydrogens is 188 g/mol. The normalized spacial score (nSPS) is 16.9. The minimum atomic E-state index is 0.234. The lowest BCUT2D eigenvalue weighted by atomic mass is 9.89. The molecule has 0 atom stereocenters. The maximum atomic E-state index is 8.79. The molecule has 1 fully saturated rings. The Balaban J connectivity index is 2.26. The zero-order valence-corrected chi connectivity index (χ0v) is 8.45. The topological polar surface area (TPSA) is 76.3 Å². The lowest BCUT2D eigenvalue weighted by molar-refractivity contribution is 0.430. The van der Waals surface area contributed by atoms with Crippen molar-refractivity contribution in [3.63, 3.8) is 0 Å². The average Bonchev–Trinajstić information content (AvgIpc) is 2.73. The average molecular weight is 200 g/mol. The van der Waals surface area contributed by atoms with Crippen molar-refractivity contribution in [2.24, 2.45) is 0 Å². The van der Waals surface area contributed by atoms with Gasteiger partial charge >= 0.3 is 0 Å². The van der Waals surface area contributed by atoms with Gasteiger partial charge in [-0.2, -0.15) is 10.5 Å². The van der Waals surface area contributed by atoms with E-state index in [0.717, 1.165) is 18.7 Å². The summed E-state index contributed by atoms with van der Waals surface area (Å²) in [6, 6.07) is 3.91. The summed E-state index contributed by atoms with van der Waals surface area (Å²) in [5.74, 6) is 1.23. The molecule has 2 rings (SSSR count). The molecule has 0 spiro atoms. The summed E-state index contributed by atoms with van der Waals surface area (Å²) < 4.78 is 0. The van der Waals surface area contributed by atoms with Crippen molar-refractivity contribution in [1.82, 2.24) is 9.97 Å². The Kier molecular flexibility index (Phi) is 2.69. The molecule has 1 N–H and O–H groups in total. The number of nitrogens with zero attached hydrogens (tertiary/aromatic N) is 3. The van der Waals surface area contributed by atoms with Gasteiger partial charge in [0.2, 0.25) is 0 Å². The Morgan fingerprint density at radius 1 is 1.13 bits per heavy atom. The highest BCUT2D eigenvalue weighted by Crippen LogP contribution is 2.31. The second kappa shape index (κ2) is 4.14. The standard InChI is InChI=1S/C11H12N4/c12-6-9-10(7-13)15-11(14-9)8-4-2-1-3-5-8/h8H,1-5H2,(H,14,15). The minimum Gasteiger partial charge on any atom is -0.332 e. The zero-order valence-electron chi connectivity index (χ0n) is 8.45. The van der Waals surface area contributed by atoms with Gasteiger partial charge < -0.3 is 4.98 Å². The fraction of sp³-hybridized carbons (Fsp3) is 0.545. The molecule has 0 saturated heterocycles. The minimum absolute atomic E-state index is 0.234. The summed E-state index contributed by atoms with van der Waals surface area (Å²) in [5, 5.41) is 17.6. The van der Waals surface area contributed by atoms with Crippen LogP contribution in [0.3, 0.4) is 0 Å². The van der Waals surface area contributed by atoms with Crippen LogP contribution in [0.1, 0.15) is 55.2 Å². The van der Waals surface area contributed by atoms with E-state index in [1.807, 2.05) is 12.1 Å². The Morgan fingerprint density at radius 3 is 2.40 bits per heavy atom. The summed E-state index contributed by atoms with van der Waals surface area (Å²) in [4.78, 5) is 7.14. The van der Waals surface area contributed by atoms with Gasteiger partial charge in [-0.25, -0.2) is 4.98 Å². The van der Waals surface area contributed by atoms with Gasteiger partial charge in [0.05, 0.1) is 0 Å². The van der Waals surface area contributed by atoms with Crippen LogP contribution in [-0.4, -0.2) is 9.97 Å². The molecule has 4 nitrogen and oxygen atoms in total. The van der Waals surface area contributed by atoms with Gasteiger partial charge in [0.1, 0.15) is 18.0 Å². The van der Waals surface area contributed by atoms with Gasteiger partial charge in [-0.1, -0.05) is 19.3 Å². The van der Waals surface area contributed by atoms with Crippen LogP contribution >= 0.6 is 0 Å². The van der Waals surface area contributed by atoms with Gasteiger partial charge in [0.15, 0.2) is 11.4 Å². The van der Waals surface area contributed by atoms with Crippen LogP contribution in [-0.2, 0) is 0 Å². The molecule has 1 aliphatic carbocycles. The number of hydrogen-bond acceptors (Lipinski definition) is 3. The summed E-state index contributed by atoms with van der Waals surface area (Å²) in [7, 11) is 0. The van der Waals surface area contributed by atoms with Crippen LogP contribution in [0.4, 0.5) is 0 Å². The first-order valence-electron chi connectivity index (χ1n) is 5.25. The van der Waals surface area contributed by atoms with Crippen LogP contribution in [0.15, 0.2) is 0 Å². The first kappa shape index (κ1) is 9.73. The molecular formula is C11H12N4. The van der Waals surface area contributed by atoms with Crippen molar-refractivity contribution < 1.29 is 0 Å². The van der Waals surface area contributed by atoms with E-state index in [1.165, 1.54) is 19.3 Å². The molecule has 1 aromatic rings. The van der Waals surface area contributed by atoms with E-state index >= 15 is 0 Å². The Morgan fingerprint density at radius 2 is 1.87 bits per heavy atom. The van der Waals surface area contributed by atoms with Crippen molar-refractivity contribution in [3.8, 4) is 12.1 Å². The second-order valence-corrected chi connectivity index (χ2v) is 3.90. The van der Waals surface area contributed by atoms with Crippen molar-refractivity contribution in [3.05, 3.63) is 17.2 Å². The number of rotatable bonds is 1. The van der Waals surface area contributed by atoms with Crippen LogP contribution in [0.5, 0.6) is 0 Å². The summed E-state index contributed by atoms with van der Waals surface area (Å²) in [6.07, 6.45) is 5.95. The third-order valence-corrected chi connectivity index (χ3v) is 2.93. The van der Waals surface area contributed by atoms with E-state index in [9.17, 15) is 0 Å². The summed E-state index contributed by atoms with van der Waals surface area (Å²) >= 11 is 0. The van der Waals surface area contributed by atoms with E-state index in [4.69, 9.17) is 10.5 Å². The molecule has 1 heterocycles. The van der Waals surface area contributed by atoms with Crippen molar-refractivity contribution in [1.29, 1.82) is 10.5 Å². The van der Waals surface area contributed by atoms with E-state index in [-0.39, 0.29) is 5.69 Å². The molecule has 0 bridgehead atoms. The first-order valence-corrected chi connectivity index (χ1v) is 5.25. The van der Waals surface area contributed by atoms with Gasteiger partial charge in [-0.3, -0.25) is 0 Å². The molecule has 76 valence electrons. The number of aromatic nitrogens is 2. The molecule has 0 radical (unpaired) electrons. The fourth-order valence-electron chi connectivity index (χ4n) is 2.12. The quantitative estimate of drug-likeness (QED) is 0.754. The lowest BCUT2D eigenvalue weighted by Gasteiger charge is -2.18. The van der Waals surface area contributed by atoms with Crippen molar-refractivity contribution in [2.45, 2.75) is 38.0 Å². The molecule has 15 heavy (non-hydrogen) atoms. The fourth-order valence-corrected chi connectivity index (χ4v) is 2.12. The molecule has 1 aliphatic rings. The SMILES string of the molecule is N#Cc1nc(C2CCCCC2)[nH]c1C#N. The molecule has 1 saturated carbocycles. The van der Waals surface area contributed by atoms with Gasteiger partial charge in [-0.15, -0.1) is 0 Å². The monoisotopic (exact) mass is 200 g/mol. The predicted molar refractivity (Wildman–Crippen MR) is 53.8 cm³/mol. The predicted octanol–water partition coefficient (Wildman–Crippen LogP) is 2.20. The van der Waals surface area contributed by atoms with Crippen LogP contribution in [0, 0.1) is 22.7 Å². The molecule has 0 aromatic carbocycles. The van der Waals surface area contributed by atoms with E-state index < -0.39 is 0 Å². The number of H-pyrrole nitrogens is 1. The highest BCUT2D eigenvalue weighted by Gasteiger charge is 2.20. The summed E-state index contributed by atoms with van der Waals surface area (Å²) in [5.41, 5.74) is 0.538. The van der Waals surface area contributed by atoms with Gasteiger partial charge in [0, 0.05) is 5.92 Å². The Labute approximate surface area is 88.6 Å². The van der Waals surface area contributed by atoms with Gasteiger partial charge in [-0.05, 0) is 12.8 Å². The number of nitriles is 2. The maximum Gasteiger partial charge on any atom is 0.176 e. The highest BCUT2D eigenvalue weighted by molar-refractivity contribution is 5.36. The third-order valence-electron chi connectivity index (χ3n) is 2.93. The molecule has 1 aromatic heterocycles. The number of aromatic amines is 1. The lowest BCUT2D eigenvalue weighted by Crippen LogP contribution is -2.06. The molecule has 0 unspecified atom stereocenters. The van der Waals surface area contributed by atoms with E-state index in [1.54, 1.807) is 0 Å². The Bertz CT molecular complexity index is 395. The maximum absolute atomic E-state index is 8.79. The van der Waals surface area contributed by atoms with Crippen LogP contribution < -0.4 is 0 Å². The van der Waals surface area contributed by atoms with Crippen molar-refractivity contribution >= 4 is 0 Å². The summed E-state index contributed by atoms with van der Waals surface area (Å²) in [6.45, 7) is 0. The van der Waals surface area contributed by atoms with Gasteiger partial charge in [0.25, 0.3) is 0 Å². The Hall–Kier alpha value is -1.81. The largest absolute Gasteiger partial charge is 0.332 e. The molecule has 0 aliphatic heterocycles. The smallest absolute Gasteiger partial charge is 0.176 e.